The van der Waals surface area contributed by atoms with Gasteiger partial charge in [0.1, 0.15) is 18.5 Å². The molecule has 11 heteroatoms. The number of halogens is 2. The van der Waals surface area contributed by atoms with E-state index in [1.165, 1.54) is 17.0 Å². The van der Waals surface area contributed by atoms with Gasteiger partial charge in [-0.1, -0.05) is 18.0 Å². The molecule has 0 spiro atoms. The number of carbonyl (C=O) groups excluding carboxylic acids is 3. The Morgan fingerprint density at radius 3 is 2.74 bits per heavy atom. The molecule has 182 valence electrons. The van der Waals surface area contributed by atoms with Gasteiger partial charge in [-0.15, -0.1) is 11.3 Å². The minimum atomic E-state index is -0.690. The number of morpholine rings is 1. The molecule has 0 unspecified atom stereocenters. The first kappa shape index (κ1) is 24.6. The standard InChI is InChI=1S/C23H26ClFN4O4S/c1-28(14-3-2-4-14)18(12-26-23(32)19-7-8-20(24)34-19)22(31)27-17-6-5-15(11-16(17)25)29-9-10-33-13-21(29)30/h5-8,11,14,18H,2-4,9-10,12-13H2,1H3,(H,26,32)(H,27,31)/t18-/m0/s1. The van der Waals surface area contributed by atoms with E-state index in [-0.39, 0.29) is 36.7 Å². The second-order valence-electron chi connectivity index (χ2n) is 8.33. The second kappa shape index (κ2) is 10.8. The van der Waals surface area contributed by atoms with Gasteiger partial charge < -0.3 is 20.3 Å². The molecule has 0 bridgehead atoms. The summed E-state index contributed by atoms with van der Waals surface area (Å²) in [5.74, 6) is -1.63. The van der Waals surface area contributed by atoms with Crippen LogP contribution in [0.5, 0.6) is 0 Å². The predicted molar refractivity (Wildman–Crippen MR) is 129 cm³/mol. The molecule has 1 aliphatic heterocycles. The summed E-state index contributed by atoms with van der Waals surface area (Å²) in [4.78, 5) is 41.5. The van der Waals surface area contributed by atoms with Gasteiger partial charge in [-0.2, -0.15) is 0 Å². The van der Waals surface area contributed by atoms with Crippen LogP contribution in [0.2, 0.25) is 4.34 Å². The Balaban J connectivity index is 1.45. The van der Waals surface area contributed by atoms with Gasteiger partial charge in [0.25, 0.3) is 11.8 Å². The lowest BCUT2D eigenvalue weighted by Crippen LogP contribution is -2.54. The van der Waals surface area contributed by atoms with Gasteiger partial charge in [-0.3, -0.25) is 19.3 Å². The largest absolute Gasteiger partial charge is 0.370 e. The van der Waals surface area contributed by atoms with Crippen molar-refractivity contribution in [3.8, 4) is 0 Å². The van der Waals surface area contributed by atoms with Crippen molar-refractivity contribution in [3.05, 3.63) is 45.4 Å². The van der Waals surface area contributed by atoms with Crippen LogP contribution >= 0.6 is 22.9 Å². The highest BCUT2D eigenvalue weighted by Crippen LogP contribution is 2.27. The Morgan fingerprint density at radius 2 is 2.12 bits per heavy atom. The van der Waals surface area contributed by atoms with E-state index in [1.54, 1.807) is 18.2 Å². The summed E-state index contributed by atoms with van der Waals surface area (Å²) >= 11 is 7.07. The minimum Gasteiger partial charge on any atom is -0.370 e. The van der Waals surface area contributed by atoms with Crippen LogP contribution in [-0.4, -0.2) is 68.1 Å². The van der Waals surface area contributed by atoms with E-state index in [2.05, 4.69) is 10.6 Å². The normalized spacial score (nSPS) is 17.4. The quantitative estimate of drug-likeness (QED) is 0.571. The van der Waals surface area contributed by atoms with E-state index < -0.39 is 17.8 Å². The molecule has 0 radical (unpaired) electrons. The predicted octanol–water partition coefficient (Wildman–Crippen LogP) is 3.13. The summed E-state index contributed by atoms with van der Waals surface area (Å²) in [6, 6.07) is 7.07. The summed E-state index contributed by atoms with van der Waals surface area (Å²) < 4.78 is 20.5. The third-order valence-electron chi connectivity index (χ3n) is 6.21. The van der Waals surface area contributed by atoms with Crippen molar-refractivity contribution in [1.82, 2.24) is 10.2 Å². The first-order valence-electron chi connectivity index (χ1n) is 11.1. The van der Waals surface area contributed by atoms with Crippen molar-refractivity contribution in [2.75, 3.05) is 43.6 Å². The molecule has 2 aromatic rings. The van der Waals surface area contributed by atoms with Crippen LogP contribution in [-0.2, 0) is 14.3 Å². The van der Waals surface area contributed by atoms with Gasteiger partial charge in [-0.05, 0) is 50.2 Å². The number of hydrogen-bond acceptors (Lipinski definition) is 6. The molecule has 2 fully saturated rings. The highest BCUT2D eigenvalue weighted by atomic mass is 35.5. The first-order chi connectivity index (χ1) is 16.3. The van der Waals surface area contributed by atoms with Crippen LogP contribution in [0.25, 0.3) is 0 Å². The maximum Gasteiger partial charge on any atom is 0.261 e. The van der Waals surface area contributed by atoms with Gasteiger partial charge in [0.05, 0.1) is 21.5 Å². The van der Waals surface area contributed by atoms with Crippen molar-refractivity contribution in [2.24, 2.45) is 0 Å². The molecule has 1 aliphatic carbocycles. The van der Waals surface area contributed by atoms with E-state index in [9.17, 15) is 18.8 Å². The van der Waals surface area contributed by atoms with E-state index in [0.29, 0.717) is 28.1 Å². The topological polar surface area (TPSA) is 91.0 Å². The molecule has 1 aromatic carbocycles. The van der Waals surface area contributed by atoms with Crippen LogP contribution in [0.1, 0.15) is 28.9 Å². The van der Waals surface area contributed by atoms with E-state index in [4.69, 9.17) is 16.3 Å². The maximum atomic E-state index is 14.9. The molecule has 1 atom stereocenters. The lowest BCUT2D eigenvalue weighted by Gasteiger charge is -2.39. The number of ether oxygens (including phenoxy) is 1. The van der Waals surface area contributed by atoms with Crippen molar-refractivity contribution >= 4 is 52.0 Å². The molecule has 1 aromatic heterocycles. The van der Waals surface area contributed by atoms with Crippen LogP contribution in [0.4, 0.5) is 15.8 Å². The fourth-order valence-electron chi connectivity index (χ4n) is 3.96. The molecule has 1 saturated carbocycles. The number of benzene rings is 1. The Bertz CT molecular complexity index is 1080. The summed E-state index contributed by atoms with van der Waals surface area (Å²) in [5, 5.41) is 5.44. The lowest BCUT2D eigenvalue weighted by molar-refractivity contribution is -0.125. The zero-order valence-corrected chi connectivity index (χ0v) is 20.3. The van der Waals surface area contributed by atoms with Gasteiger partial charge in [0.15, 0.2) is 0 Å². The second-order valence-corrected chi connectivity index (χ2v) is 10.0. The molecule has 1 saturated heterocycles. The van der Waals surface area contributed by atoms with Crippen LogP contribution in [0.15, 0.2) is 30.3 Å². The average Bonchev–Trinajstić information content (AvgIpc) is 3.21. The molecule has 34 heavy (non-hydrogen) atoms. The Kier molecular flexibility index (Phi) is 7.82. The fourth-order valence-corrected chi connectivity index (χ4v) is 4.92. The number of carbonyl (C=O) groups is 3. The number of nitrogens with zero attached hydrogens (tertiary/aromatic N) is 2. The molecular formula is C23H26ClFN4O4S. The highest BCUT2D eigenvalue weighted by molar-refractivity contribution is 7.18. The molecule has 2 aliphatic rings. The van der Waals surface area contributed by atoms with Gasteiger partial charge >= 0.3 is 0 Å². The summed E-state index contributed by atoms with van der Waals surface area (Å²) in [6.45, 7) is 0.742. The smallest absolute Gasteiger partial charge is 0.261 e. The molecular weight excluding hydrogens is 483 g/mol. The molecule has 4 rings (SSSR count). The van der Waals surface area contributed by atoms with Crippen LogP contribution in [0.3, 0.4) is 0 Å². The zero-order valence-electron chi connectivity index (χ0n) is 18.7. The Hall–Kier alpha value is -2.53. The first-order valence-corrected chi connectivity index (χ1v) is 12.3. The van der Waals surface area contributed by atoms with Gasteiger partial charge in [-0.25, -0.2) is 4.39 Å². The Labute approximate surface area is 206 Å². The van der Waals surface area contributed by atoms with Crippen molar-refractivity contribution in [2.45, 2.75) is 31.3 Å². The van der Waals surface area contributed by atoms with Crippen molar-refractivity contribution in [3.63, 3.8) is 0 Å². The average molecular weight is 509 g/mol. The number of nitrogens with one attached hydrogen (secondary N) is 2. The molecule has 3 amide bonds. The van der Waals surface area contributed by atoms with E-state index >= 15 is 0 Å². The van der Waals surface area contributed by atoms with Crippen molar-refractivity contribution in [1.29, 1.82) is 0 Å². The summed E-state index contributed by atoms with van der Waals surface area (Å²) in [7, 11) is 1.84. The Morgan fingerprint density at radius 1 is 1.32 bits per heavy atom. The van der Waals surface area contributed by atoms with Gasteiger partial charge in [0, 0.05) is 24.8 Å². The number of amides is 3. The summed E-state index contributed by atoms with van der Waals surface area (Å²) in [6.07, 6.45) is 3.01. The van der Waals surface area contributed by atoms with Gasteiger partial charge in [0.2, 0.25) is 5.91 Å². The number of thiophene rings is 1. The third kappa shape index (κ3) is 5.57. The molecule has 8 nitrogen and oxygen atoms in total. The number of hydrogen-bond donors (Lipinski definition) is 2. The fraction of sp³-hybridized carbons (Fsp3) is 0.435. The molecule has 2 heterocycles. The van der Waals surface area contributed by atoms with Crippen LogP contribution < -0.4 is 15.5 Å². The highest BCUT2D eigenvalue weighted by Gasteiger charge is 2.33. The van der Waals surface area contributed by atoms with Crippen LogP contribution in [0, 0.1) is 5.82 Å². The number of anilines is 2. The van der Waals surface area contributed by atoms with Crippen molar-refractivity contribution < 1.29 is 23.5 Å². The molecule has 2 N–H and O–H groups in total. The maximum absolute atomic E-state index is 14.9. The zero-order chi connectivity index (χ0) is 24.2. The SMILES string of the molecule is CN(C1CCC1)[C@@H](CNC(=O)c1ccc(Cl)s1)C(=O)Nc1ccc(N2CCOCC2=O)cc1F. The minimum absolute atomic E-state index is 0.0119. The summed E-state index contributed by atoms with van der Waals surface area (Å²) in [5.41, 5.74) is 0.423. The number of rotatable bonds is 8. The van der Waals surface area contributed by atoms with E-state index in [1.807, 2.05) is 11.9 Å². The monoisotopic (exact) mass is 508 g/mol. The number of likely N-dealkylation sites (N-methyl/N-ethyl adjacent to an activating group) is 1. The third-order valence-corrected chi connectivity index (χ3v) is 7.44. The van der Waals surface area contributed by atoms with E-state index in [0.717, 1.165) is 30.6 Å². The lowest BCUT2D eigenvalue weighted by atomic mass is 9.90.